The Hall–Kier alpha value is -0.300. The molecule has 1 aliphatic rings. The van der Waals surface area contributed by atoms with Gasteiger partial charge in [-0.2, -0.15) is 0 Å². The highest BCUT2D eigenvalue weighted by atomic mass is 16.3. The number of rotatable bonds is 5. The first-order valence-electron chi connectivity index (χ1n) is 4.50. The standard InChI is InChI=1S/C10H18O/c1-3-4-5-6-7-9-8-10(9,2)11/h3,9,11H,1,4-8H2,2H3/t9-,10-/m0/s1. The molecule has 0 aromatic carbocycles. The fraction of sp³-hybridized carbons (Fsp3) is 0.800. The number of hydrogen-bond donors (Lipinski definition) is 1. The van der Waals surface area contributed by atoms with E-state index in [1.807, 2.05) is 13.0 Å². The summed E-state index contributed by atoms with van der Waals surface area (Å²) in [5.41, 5.74) is -0.311. The predicted octanol–water partition coefficient (Wildman–Crippen LogP) is 2.50. The summed E-state index contributed by atoms with van der Waals surface area (Å²) >= 11 is 0. The van der Waals surface area contributed by atoms with Crippen molar-refractivity contribution in [1.82, 2.24) is 0 Å². The minimum Gasteiger partial charge on any atom is -0.390 e. The van der Waals surface area contributed by atoms with Gasteiger partial charge in [-0.15, -0.1) is 6.58 Å². The molecule has 1 heteroatoms. The second kappa shape index (κ2) is 3.40. The lowest BCUT2D eigenvalue weighted by Gasteiger charge is -2.00. The van der Waals surface area contributed by atoms with Crippen molar-refractivity contribution in [3.63, 3.8) is 0 Å². The molecule has 0 bridgehead atoms. The molecule has 1 N–H and O–H groups in total. The molecule has 1 rings (SSSR count). The molecule has 2 atom stereocenters. The summed E-state index contributed by atoms with van der Waals surface area (Å²) in [6.07, 6.45) is 7.77. The van der Waals surface area contributed by atoms with Crippen LogP contribution in [0, 0.1) is 5.92 Å². The Bertz CT molecular complexity index is 138. The Morgan fingerprint density at radius 1 is 1.64 bits per heavy atom. The van der Waals surface area contributed by atoms with Gasteiger partial charge in [-0.25, -0.2) is 0 Å². The third kappa shape index (κ3) is 2.66. The van der Waals surface area contributed by atoms with Crippen LogP contribution < -0.4 is 0 Å². The molecule has 1 nitrogen and oxygen atoms in total. The Labute approximate surface area is 69.1 Å². The average molecular weight is 154 g/mol. The highest BCUT2D eigenvalue weighted by Gasteiger charge is 2.47. The van der Waals surface area contributed by atoms with E-state index in [2.05, 4.69) is 6.58 Å². The van der Waals surface area contributed by atoms with Crippen molar-refractivity contribution < 1.29 is 5.11 Å². The first kappa shape index (κ1) is 8.79. The smallest absolute Gasteiger partial charge is 0.0652 e. The van der Waals surface area contributed by atoms with Crippen molar-refractivity contribution in [2.24, 2.45) is 5.92 Å². The minimum atomic E-state index is -0.311. The van der Waals surface area contributed by atoms with Crippen molar-refractivity contribution in [2.75, 3.05) is 0 Å². The zero-order chi connectivity index (χ0) is 8.32. The van der Waals surface area contributed by atoms with Crippen LogP contribution in [0.4, 0.5) is 0 Å². The van der Waals surface area contributed by atoms with E-state index in [4.69, 9.17) is 0 Å². The maximum atomic E-state index is 9.43. The van der Waals surface area contributed by atoms with E-state index in [1.165, 1.54) is 19.3 Å². The molecule has 0 saturated heterocycles. The van der Waals surface area contributed by atoms with Gasteiger partial charge in [-0.05, 0) is 38.5 Å². The van der Waals surface area contributed by atoms with Crippen LogP contribution >= 0.6 is 0 Å². The van der Waals surface area contributed by atoms with Crippen LogP contribution in [0.2, 0.25) is 0 Å². The Morgan fingerprint density at radius 3 is 2.73 bits per heavy atom. The van der Waals surface area contributed by atoms with Crippen LogP contribution in [-0.2, 0) is 0 Å². The van der Waals surface area contributed by atoms with Crippen LogP contribution in [0.3, 0.4) is 0 Å². The van der Waals surface area contributed by atoms with Gasteiger partial charge in [0.2, 0.25) is 0 Å². The van der Waals surface area contributed by atoms with Crippen LogP contribution in [0.1, 0.15) is 39.0 Å². The van der Waals surface area contributed by atoms with Crippen LogP contribution in [-0.4, -0.2) is 10.7 Å². The first-order chi connectivity index (χ1) is 5.17. The average Bonchev–Trinajstić information content (AvgIpc) is 2.52. The van der Waals surface area contributed by atoms with Crippen molar-refractivity contribution in [2.45, 2.75) is 44.6 Å². The normalized spacial score (nSPS) is 35.3. The molecule has 1 fully saturated rings. The number of allylic oxidation sites excluding steroid dienone is 1. The lowest BCUT2D eigenvalue weighted by atomic mass is 10.1. The Morgan fingerprint density at radius 2 is 2.27 bits per heavy atom. The van der Waals surface area contributed by atoms with E-state index in [0.29, 0.717) is 5.92 Å². The number of aliphatic hydroxyl groups is 1. The van der Waals surface area contributed by atoms with Gasteiger partial charge in [-0.1, -0.05) is 12.5 Å². The molecule has 1 saturated carbocycles. The monoisotopic (exact) mass is 154 g/mol. The summed E-state index contributed by atoms with van der Waals surface area (Å²) in [5.74, 6) is 0.590. The van der Waals surface area contributed by atoms with Gasteiger partial charge in [0.1, 0.15) is 0 Å². The van der Waals surface area contributed by atoms with Gasteiger partial charge in [0.05, 0.1) is 5.60 Å². The molecule has 0 radical (unpaired) electrons. The maximum Gasteiger partial charge on any atom is 0.0652 e. The summed E-state index contributed by atoms with van der Waals surface area (Å²) in [6.45, 7) is 5.61. The lowest BCUT2D eigenvalue weighted by Crippen LogP contribution is -2.02. The molecular weight excluding hydrogens is 136 g/mol. The molecule has 0 heterocycles. The lowest BCUT2D eigenvalue weighted by molar-refractivity contribution is 0.149. The van der Waals surface area contributed by atoms with E-state index in [0.717, 1.165) is 12.8 Å². The van der Waals surface area contributed by atoms with E-state index < -0.39 is 0 Å². The quantitative estimate of drug-likeness (QED) is 0.476. The van der Waals surface area contributed by atoms with Gasteiger partial charge in [-0.3, -0.25) is 0 Å². The second-order valence-corrected chi connectivity index (χ2v) is 3.83. The van der Waals surface area contributed by atoms with Gasteiger partial charge in [0, 0.05) is 0 Å². The zero-order valence-corrected chi connectivity index (χ0v) is 7.34. The fourth-order valence-corrected chi connectivity index (χ4v) is 1.53. The number of unbranched alkanes of at least 4 members (excludes halogenated alkanes) is 2. The van der Waals surface area contributed by atoms with E-state index in [1.54, 1.807) is 0 Å². The molecule has 1 aliphatic carbocycles. The van der Waals surface area contributed by atoms with Crippen LogP contribution in [0.5, 0.6) is 0 Å². The second-order valence-electron chi connectivity index (χ2n) is 3.83. The highest BCUT2D eigenvalue weighted by molar-refractivity contribution is 4.98. The Balaban J connectivity index is 1.94. The first-order valence-corrected chi connectivity index (χ1v) is 4.50. The highest BCUT2D eigenvalue weighted by Crippen LogP contribution is 2.46. The van der Waals surface area contributed by atoms with Crippen LogP contribution in [0.15, 0.2) is 12.7 Å². The summed E-state index contributed by atoms with van der Waals surface area (Å²) in [6, 6.07) is 0. The van der Waals surface area contributed by atoms with Crippen molar-refractivity contribution in [1.29, 1.82) is 0 Å². The van der Waals surface area contributed by atoms with Crippen molar-refractivity contribution >= 4 is 0 Å². The largest absolute Gasteiger partial charge is 0.390 e. The Kier molecular flexibility index (Phi) is 2.72. The fourth-order valence-electron chi connectivity index (χ4n) is 1.53. The molecule has 0 amide bonds. The molecular formula is C10H18O. The number of hydrogen-bond acceptors (Lipinski definition) is 1. The molecule has 0 aromatic heterocycles. The van der Waals surface area contributed by atoms with E-state index >= 15 is 0 Å². The topological polar surface area (TPSA) is 20.2 Å². The van der Waals surface area contributed by atoms with Gasteiger partial charge in [0.15, 0.2) is 0 Å². The maximum absolute atomic E-state index is 9.43. The van der Waals surface area contributed by atoms with E-state index in [9.17, 15) is 5.11 Å². The molecule has 0 unspecified atom stereocenters. The van der Waals surface area contributed by atoms with Gasteiger partial charge < -0.3 is 5.11 Å². The van der Waals surface area contributed by atoms with Crippen molar-refractivity contribution in [3.05, 3.63) is 12.7 Å². The molecule has 0 aromatic rings. The predicted molar refractivity (Wildman–Crippen MR) is 47.4 cm³/mol. The molecule has 11 heavy (non-hydrogen) atoms. The third-order valence-electron chi connectivity index (χ3n) is 2.59. The molecule has 64 valence electrons. The van der Waals surface area contributed by atoms with Gasteiger partial charge in [0.25, 0.3) is 0 Å². The molecule has 0 aliphatic heterocycles. The van der Waals surface area contributed by atoms with Crippen LogP contribution in [0.25, 0.3) is 0 Å². The van der Waals surface area contributed by atoms with Crippen molar-refractivity contribution in [3.8, 4) is 0 Å². The summed E-state index contributed by atoms with van der Waals surface area (Å²) in [4.78, 5) is 0. The summed E-state index contributed by atoms with van der Waals surface area (Å²) in [7, 11) is 0. The van der Waals surface area contributed by atoms with Gasteiger partial charge >= 0.3 is 0 Å². The SMILES string of the molecule is C=CCCCC[C@H]1C[C@]1(C)O. The summed E-state index contributed by atoms with van der Waals surface area (Å²) < 4.78 is 0. The van der Waals surface area contributed by atoms with E-state index in [-0.39, 0.29) is 5.60 Å². The zero-order valence-electron chi connectivity index (χ0n) is 7.34. The third-order valence-corrected chi connectivity index (χ3v) is 2.59. The summed E-state index contributed by atoms with van der Waals surface area (Å²) in [5, 5.41) is 9.43. The molecule has 0 spiro atoms. The minimum absolute atomic E-state index is 0.311.